The SMILES string of the molecule is Cc1cccc(NCCOCCOc2ccccc2)c1. The smallest absolute Gasteiger partial charge is 0.119 e. The van der Waals surface area contributed by atoms with E-state index in [-0.39, 0.29) is 0 Å². The summed E-state index contributed by atoms with van der Waals surface area (Å²) in [5, 5.41) is 3.33. The van der Waals surface area contributed by atoms with E-state index in [1.54, 1.807) is 0 Å². The summed E-state index contributed by atoms with van der Waals surface area (Å²) in [4.78, 5) is 0. The molecule has 0 atom stereocenters. The first kappa shape index (κ1) is 14.4. The number of hydrogen-bond donors (Lipinski definition) is 1. The van der Waals surface area contributed by atoms with E-state index in [2.05, 4.69) is 30.4 Å². The van der Waals surface area contributed by atoms with Gasteiger partial charge >= 0.3 is 0 Å². The molecular formula is C17H21NO2. The maximum Gasteiger partial charge on any atom is 0.119 e. The van der Waals surface area contributed by atoms with Crippen molar-refractivity contribution in [3.05, 3.63) is 60.2 Å². The third kappa shape index (κ3) is 5.33. The van der Waals surface area contributed by atoms with Gasteiger partial charge < -0.3 is 14.8 Å². The van der Waals surface area contributed by atoms with Crippen molar-refractivity contribution in [1.82, 2.24) is 0 Å². The van der Waals surface area contributed by atoms with Gasteiger partial charge in [-0.15, -0.1) is 0 Å². The average Bonchev–Trinajstić information content (AvgIpc) is 2.47. The lowest BCUT2D eigenvalue weighted by molar-refractivity contribution is 0.107. The van der Waals surface area contributed by atoms with Gasteiger partial charge in [-0.3, -0.25) is 0 Å². The number of benzene rings is 2. The summed E-state index contributed by atoms with van der Waals surface area (Å²) >= 11 is 0. The van der Waals surface area contributed by atoms with Crippen LogP contribution in [0.2, 0.25) is 0 Å². The Morgan fingerprint density at radius 2 is 1.75 bits per heavy atom. The van der Waals surface area contributed by atoms with Gasteiger partial charge in [-0.25, -0.2) is 0 Å². The molecule has 0 saturated heterocycles. The topological polar surface area (TPSA) is 30.5 Å². The van der Waals surface area contributed by atoms with Gasteiger partial charge in [0.15, 0.2) is 0 Å². The molecule has 3 heteroatoms. The fraction of sp³-hybridized carbons (Fsp3) is 0.294. The van der Waals surface area contributed by atoms with Crippen LogP contribution in [0.5, 0.6) is 5.75 Å². The van der Waals surface area contributed by atoms with Crippen molar-refractivity contribution >= 4 is 5.69 Å². The zero-order chi connectivity index (χ0) is 14.0. The second kappa shape index (κ2) is 8.23. The number of anilines is 1. The third-order valence-corrected chi connectivity index (χ3v) is 2.83. The van der Waals surface area contributed by atoms with Gasteiger partial charge in [0.1, 0.15) is 12.4 Å². The molecule has 0 radical (unpaired) electrons. The minimum Gasteiger partial charge on any atom is -0.491 e. The Hall–Kier alpha value is -2.00. The molecular weight excluding hydrogens is 250 g/mol. The fourth-order valence-electron chi connectivity index (χ4n) is 1.86. The molecule has 3 nitrogen and oxygen atoms in total. The quantitative estimate of drug-likeness (QED) is 0.745. The summed E-state index contributed by atoms with van der Waals surface area (Å²) in [6.07, 6.45) is 0. The highest BCUT2D eigenvalue weighted by atomic mass is 16.5. The zero-order valence-electron chi connectivity index (χ0n) is 11.8. The maximum atomic E-state index is 5.54. The molecule has 2 rings (SSSR count). The van der Waals surface area contributed by atoms with E-state index in [0.29, 0.717) is 19.8 Å². The van der Waals surface area contributed by atoms with Gasteiger partial charge in [-0.05, 0) is 36.8 Å². The van der Waals surface area contributed by atoms with Crippen molar-refractivity contribution in [1.29, 1.82) is 0 Å². The first-order valence-electron chi connectivity index (χ1n) is 6.91. The van der Waals surface area contributed by atoms with E-state index in [1.807, 2.05) is 36.4 Å². The van der Waals surface area contributed by atoms with Gasteiger partial charge in [-0.2, -0.15) is 0 Å². The van der Waals surface area contributed by atoms with Crippen molar-refractivity contribution in [3.8, 4) is 5.75 Å². The van der Waals surface area contributed by atoms with Crippen molar-refractivity contribution in [3.63, 3.8) is 0 Å². The van der Waals surface area contributed by atoms with Crippen LogP contribution in [0.4, 0.5) is 5.69 Å². The van der Waals surface area contributed by atoms with Crippen molar-refractivity contribution < 1.29 is 9.47 Å². The second-order valence-corrected chi connectivity index (χ2v) is 4.57. The Bertz CT molecular complexity index is 499. The van der Waals surface area contributed by atoms with Crippen LogP contribution in [0, 0.1) is 6.92 Å². The molecule has 0 fully saturated rings. The summed E-state index contributed by atoms with van der Waals surface area (Å²) in [6.45, 7) is 4.74. The molecule has 0 bridgehead atoms. The van der Waals surface area contributed by atoms with Crippen LogP contribution in [0.3, 0.4) is 0 Å². The number of hydrogen-bond acceptors (Lipinski definition) is 3. The lowest BCUT2D eigenvalue weighted by Crippen LogP contribution is -2.13. The van der Waals surface area contributed by atoms with Crippen LogP contribution >= 0.6 is 0 Å². The molecule has 0 aliphatic heterocycles. The predicted octanol–water partition coefficient (Wildman–Crippen LogP) is 3.50. The number of para-hydroxylation sites is 1. The zero-order valence-corrected chi connectivity index (χ0v) is 11.8. The van der Waals surface area contributed by atoms with Crippen LogP contribution in [0.15, 0.2) is 54.6 Å². The van der Waals surface area contributed by atoms with Gasteiger partial charge in [0, 0.05) is 12.2 Å². The van der Waals surface area contributed by atoms with Crippen LogP contribution in [0.25, 0.3) is 0 Å². The molecule has 0 aliphatic rings. The highest BCUT2D eigenvalue weighted by Crippen LogP contribution is 2.09. The molecule has 0 heterocycles. The van der Waals surface area contributed by atoms with Crippen molar-refractivity contribution in [2.24, 2.45) is 0 Å². The van der Waals surface area contributed by atoms with Gasteiger partial charge in [0.25, 0.3) is 0 Å². The molecule has 2 aromatic rings. The first-order chi connectivity index (χ1) is 9.84. The van der Waals surface area contributed by atoms with Crippen molar-refractivity contribution in [2.75, 3.05) is 31.7 Å². The van der Waals surface area contributed by atoms with Crippen LogP contribution < -0.4 is 10.1 Å². The molecule has 1 N–H and O–H groups in total. The lowest BCUT2D eigenvalue weighted by Gasteiger charge is -2.09. The van der Waals surface area contributed by atoms with Gasteiger partial charge in [0.05, 0.1) is 13.2 Å². The Morgan fingerprint density at radius 3 is 2.55 bits per heavy atom. The lowest BCUT2D eigenvalue weighted by atomic mass is 10.2. The van der Waals surface area contributed by atoms with E-state index in [1.165, 1.54) is 5.56 Å². The Morgan fingerprint density at radius 1 is 0.900 bits per heavy atom. The summed E-state index contributed by atoms with van der Waals surface area (Å²) < 4.78 is 11.1. The highest BCUT2D eigenvalue weighted by molar-refractivity contribution is 5.45. The maximum absolute atomic E-state index is 5.54. The van der Waals surface area contributed by atoms with E-state index in [0.717, 1.165) is 18.0 Å². The largest absolute Gasteiger partial charge is 0.491 e. The number of aryl methyl sites for hydroxylation is 1. The average molecular weight is 271 g/mol. The standard InChI is InChI=1S/C17H21NO2/c1-15-6-5-7-16(14-15)18-10-11-19-12-13-20-17-8-3-2-4-9-17/h2-9,14,18H,10-13H2,1H3. The second-order valence-electron chi connectivity index (χ2n) is 4.57. The summed E-state index contributed by atoms with van der Waals surface area (Å²) in [5.74, 6) is 0.883. The highest BCUT2D eigenvalue weighted by Gasteiger charge is 1.94. The molecule has 0 aliphatic carbocycles. The molecule has 0 unspecified atom stereocenters. The molecule has 20 heavy (non-hydrogen) atoms. The Labute approximate surface area is 120 Å². The fourth-order valence-corrected chi connectivity index (χ4v) is 1.86. The van der Waals surface area contributed by atoms with E-state index in [9.17, 15) is 0 Å². The molecule has 0 saturated carbocycles. The van der Waals surface area contributed by atoms with E-state index >= 15 is 0 Å². The van der Waals surface area contributed by atoms with E-state index in [4.69, 9.17) is 9.47 Å². The molecule has 0 spiro atoms. The Kier molecular flexibility index (Phi) is 5.93. The minimum absolute atomic E-state index is 0.578. The molecule has 106 valence electrons. The normalized spacial score (nSPS) is 10.2. The van der Waals surface area contributed by atoms with Gasteiger partial charge in [-0.1, -0.05) is 30.3 Å². The van der Waals surface area contributed by atoms with E-state index < -0.39 is 0 Å². The Balaban J connectivity index is 1.52. The number of nitrogens with one attached hydrogen (secondary N) is 1. The van der Waals surface area contributed by atoms with Crippen LogP contribution in [0.1, 0.15) is 5.56 Å². The molecule has 0 amide bonds. The molecule has 0 aromatic heterocycles. The first-order valence-corrected chi connectivity index (χ1v) is 6.91. The number of rotatable bonds is 8. The van der Waals surface area contributed by atoms with Crippen LogP contribution in [-0.4, -0.2) is 26.4 Å². The summed E-state index contributed by atoms with van der Waals surface area (Å²) in [7, 11) is 0. The number of ether oxygens (including phenoxy) is 2. The summed E-state index contributed by atoms with van der Waals surface area (Å²) in [5.41, 5.74) is 2.39. The third-order valence-electron chi connectivity index (χ3n) is 2.83. The predicted molar refractivity (Wildman–Crippen MR) is 82.4 cm³/mol. The minimum atomic E-state index is 0.578. The monoisotopic (exact) mass is 271 g/mol. The van der Waals surface area contributed by atoms with Crippen molar-refractivity contribution in [2.45, 2.75) is 6.92 Å². The molecule has 2 aromatic carbocycles. The van der Waals surface area contributed by atoms with Gasteiger partial charge in [0.2, 0.25) is 0 Å². The summed E-state index contributed by atoms with van der Waals surface area (Å²) in [6, 6.07) is 18.1. The van der Waals surface area contributed by atoms with Crippen LogP contribution in [-0.2, 0) is 4.74 Å².